The molecule has 1 heterocycles. The molecule has 0 saturated carbocycles. The lowest BCUT2D eigenvalue weighted by Crippen LogP contribution is -1.94. The van der Waals surface area contributed by atoms with Gasteiger partial charge in [-0.15, -0.1) is 0 Å². The minimum atomic E-state index is 0.784. The van der Waals surface area contributed by atoms with E-state index in [2.05, 4.69) is 12.7 Å². The molecule has 0 spiro atoms. The summed E-state index contributed by atoms with van der Waals surface area (Å²) in [5.74, 6) is 0.784. The number of allylic oxidation sites excluding steroid dienone is 1. The molecule has 38 valence electrons. The average Bonchev–Trinajstić information content (AvgIpc) is 1.69. The molecule has 1 rings (SSSR count). The molecule has 0 fully saturated rings. The predicted octanol–water partition coefficient (Wildman–Crippen LogP) is 1.48. The van der Waals surface area contributed by atoms with Gasteiger partial charge in [0, 0.05) is 0 Å². The lowest BCUT2D eigenvalue weighted by atomic mass is 10.3. The van der Waals surface area contributed by atoms with Crippen molar-refractivity contribution in [3.8, 4) is 0 Å². The Morgan fingerprint density at radius 2 is 2.57 bits per heavy atom. The summed E-state index contributed by atoms with van der Waals surface area (Å²) in [5.41, 5.74) is 0. The van der Waals surface area contributed by atoms with E-state index >= 15 is 0 Å². The second kappa shape index (κ2) is 1.82. The molecule has 0 unspecified atom stereocenters. The Hall–Kier alpha value is -0.720. The highest BCUT2D eigenvalue weighted by atomic mass is 16.5. The summed E-state index contributed by atoms with van der Waals surface area (Å²) in [4.78, 5) is 0. The fraction of sp³-hybridized carbons (Fsp3) is 0.333. The van der Waals surface area contributed by atoms with Crippen molar-refractivity contribution >= 4 is 0 Å². The summed E-state index contributed by atoms with van der Waals surface area (Å²) >= 11 is 0. The molecule has 0 aromatic carbocycles. The number of ether oxygens (including phenoxy) is 1. The van der Waals surface area contributed by atoms with Gasteiger partial charge >= 0.3 is 0 Å². The SMILES string of the molecule is C=C1C=CCCO1. The van der Waals surface area contributed by atoms with Crippen molar-refractivity contribution in [2.24, 2.45) is 0 Å². The fourth-order valence-corrected chi connectivity index (χ4v) is 0.521. The van der Waals surface area contributed by atoms with Gasteiger partial charge in [-0.3, -0.25) is 0 Å². The minimum Gasteiger partial charge on any atom is -0.494 e. The van der Waals surface area contributed by atoms with Crippen LogP contribution >= 0.6 is 0 Å². The van der Waals surface area contributed by atoms with Gasteiger partial charge in [-0.25, -0.2) is 0 Å². The average molecular weight is 96.1 g/mol. The largest absolute Gasteiger partial charge is 0.494 e. The number of hydrogen-bond donors (Lipinski definition) is 0. The predicted molar refractivity (Wildman–Crippen MR) is 28.8 cm³/mol. The molecule has 0 atom stereocenters. The third-order valence-corrected chi connectivity index (χ3v) is 0.876. The Bertz CT molecular complexity index is 103. The highest BCUT2D eigenvalue weighted by Crippen LogP contribution is 2.03. The molecule has 0 aromatic rings. The molecule has 0 radical (unpaired) electrons. The van der Waals surface area contributed by atoms with Crippen molar-refractivity contribution in [1.82, 2.24) is 0 Å². The van der Waals surface area contributed by atoms with Crippen LogP contribution in [0.25, 0.3) is 0 Å². The number of hydrogen-bond acceptors (Lipinski definition) is 1. The zero-order valence-corrected chi connectivity index (χ0v) is 4.18. The van der Waals surface area contributed by atoms with Crippen LogP contribution in [-0.2, 0) is 4.74 Å². The Morgan fingerprint density at radius 3 is 2.86 bits per heavy atom. The molecular formula is C6H8O. The van der Waals surface area contributed by atoms with Gasteiger partial charge in [0.1, 0.15) is 5.76 Å². The lowest BCUT2D eigenvalue weighted by Gasteiger charge is -2.06. The maximum atomic E-state index is 5.00. The fourth-order valence-electron chi connectivity index (χ4n) is 0.521. The standard InChI is InChI=1S/C6H8O/c1-6-4-2-3-5-7-6/h2,4H,1,3,5H2. The van der Waals surface area contributed by atoms with Gasteiger partial charge in [0.15, 0.2) is 0 Å². The highest BCUT2D eigenvalue weighted by Gasteiger charge is 1.92. The molecular weight excluding hydrogens is 88.1 g/mol. The van der Waals surface area contributed by atoms with Crippen LogP contribution in [0.5, 0.6) is 0 Å². The molecule has 1 aliphatic heterocycles. The molecule has 0 aromatic heterocycles. The highest BCUT2D eigenvalue weighted by molar-refractivity contribution is 5.09. The maximum Gasteiger partial charge on any atom is 0.111 e. The topological polar surface area (TPSA) is 9.23 Å². The van der Waals surface area contributed by atoms with Gasteiger partial charge in [-0.1, -0.05) is 12.7 Å². The van der Waals surface area contributed by atoms with E-state index in [1.807, 2.05) is 6.08 Å². The zero-order chi connectivity index (χ0) is 5.11. The Kier molecular flexibility index (Phi) is 1.16. The smallest absolute Gasteiger partial charge is 0.111 e. The van der Waals surface area contributed by atoms with E-state index in [0.29, 0.717) is 0 Å². The van der Waals surface area contributed by atoms with E-state index in [4.69, 9.17) is 4.74 Å². The van der Waals surface area contributed by atoms with Crippen LogP contribution in [-0.4, -0.2) is 6.61 Å². The van der Waals surface area contributed by atoms with E-state index < -0.39 is 0 Å². The van der Waals surface area contributed by atoms with E-state index in [1.54, 1.807) is 0 Å². The van der Waals surface area contributed by atoms with Crippen molar-refractivity contribution in [3.63, 3.8) is 0 Å². The summed E-state index contributed by atoms with van der Waals surface area (Å²) in [5, 5.41) is 0. The summed E-state index contributed by atoms with van der Waals surface area (Å²) < 4.78 is 5.00. The quantitative estimate of drug-likeness (QED) is 0.443. The molecule has 0 aliphatic carbocycles. The van der Waals surface area contributed by atoms with Crippen molar-refractivity contribution in [2.45, 2.75) is 6.42 Å². The summed E-state index contributed by atoms with van der Waals surface area (Å²) in [6, 6.07) is 0. The first-order valence-electron chi connectivity index (χ1n) is 2.38. The van der Waals surface area contributed by atoms with Gasteiger partial charge in [0.2, 0.25) is 0 Å². The van der Waals surface area contributed by atoms with Crippen molar-refractivity contribution < 1.29 is 4.74 Å². The van der Waals surface area contributed by atoms with Crippen LogP contribution in [0, 0.1) is 0 Å². The van der Waals surface area contributed by atoms with Crippen LogP contribution in [0.15, 0.2) is 24.5 Å². The normalized spacial score (nSPS) is 19.1. The van der Waals surface area contributed by atoms with Crippen LogP contribution in [0.3, 0.4) is 0 Å². The first-order chi connectivity index (χ1) is 3.39. The van der Waals surface area contributed by atoms with Gasteiger partial charge < -0.3 is 4.74 Å². The summed E-state index contributed by atoms with van der Waals surface area (Å²) in [7, 11) is 0. The van der Waals surface area contributed by atoms with E-state index in [9.17, 15) is 0 Å². The second-order valence-electron chi connectivity index (χ2n) is 1.51. The zero-order valence-electron chi connectivity index (χ0n) is 4.18. The molecule has 0 saturated heterocycles. The lowest BCUT2D eigenvalue weighted by molar-refractivity contribution is 0.223. The summed E-state index contributed by atoms with van der Waals surface area (Å²) in [6.07, 6.45) is 4.98. The molecule has 1 aliphatic rings. The van der Waals surface area contributed by atoms with Crippen molar-refractivity contribution in [2.75, 3.05) is 6.61 Å². The number of rotatable bonds is 0. The second-order valence-corrected chi connectivity index (χ2v) is 1.51. The Morgan fingerprint density at radius 1 is 1.71 bits per heavy atom. The Labute approximate surface area is 43.3 Å². The van der Waals surface area contributed by atoms with Crippen LogP contribution in [0.2, 0.25) is 0 Å². The van der Waals surface area contributed by atoms with Crippen molar-refractivity contribution in [3.05, 3.63) is 24.5 Å². The van der Waals surface area contributed by atoms with E-state index in [-0.39, 0.29) is 0 Å². The molecule has 0 amide bonds. The third-order valence-electron chi connectivity index (χ3n) is 0.876. The molecule has 0 bridgehead atoms. The van der Waals surface area contributed by atoms with Gasteiger partial charge in [-0.2, -0.15) is 0 Å². The first-order valence-corrected chi connectivity index (χ1v) is 2.38. The monoisotopic (exact) mass is 96.1 g/mol. The minimum absolute atomic E-state index is 0.784. The molecule has 1 heteroatoms. The Balaban J connectivity index is 2.51. The molecule has 0 N–H and O–H groups in total. The van der Waals surface area contributed by atoms with Crippen LogP contribution < -0.4 is 0 Å². The van der Waals surface area contributed by atoms with Gasteiger partial charge in [-0.05, 0) is 12.5 Å². The van der Waals surface area contributed by atoms with E-state index in [0.717, 1.165) is 18.8 Å². The van der Waals surface area contributed by atoms with Gasteiger partial charge in [0.05, 0.1) is 6.61 Å². The summed E-state index contributed by atoms with van der Waals surface area (Å²) in [6.45, 7) is 4.41. The van der Waals surface area contributed by atoms with Gasteiger partial charge in [0.25, 0.3) is 0 Å². The van der Waals surface area contributed by atoms with Crippen LogP contribution in [0.1, 0.15) is 6.42 Å². The van der Waals surface area contributed by atoms with E-state index in [1.165, 1.54) is 0 Å². The first kappa shape index (κ1) is 4.44. The van der Waals surface area contributed by atoms with Crippen molar-refractivity contribution in [1.29, 1.82) is 0 Å². The maximum absolute atomic E-state index is 5.00. The van der Waals surface area contributed by atoms with Crippen LogP contribution in [0.4, 0.5) is 0 Å². The molecule has 1 nitrogen and oxygen atoms in total. The molecule has 7 heavy (non-hydrogen) atoms. The third kappa shape index (κ3) is 1.07.